The number of likely N-dealkylation sites (tertiary alicyclic amines) is 1. The van der Waals surface area contributed by atoms with Crippen LogP contribution in [0.15, 0.2) is 78.9 Å². The van der Waals surface area contributed by atoms with E-state index < -0.39 is 5.41 Å². The summed E-state index contributed by atoms with van der Waals surface area (Å²) in [6, 6.07) is 25.8. The molecule has 2 amide bonds. The number of carbonyl (C=O) groups excluding carboxylic acids is 2. The average Bonchev–Trinajstić information content (AvgIpc) is 2.85. The summed E-state index contributed by atoms with van der Waals surface area (Å²) in [7, 11) is 1.61. The van der Waals surface area contributed by atoms with Crippen molar-refractivity contribution in [1.82, 2.24) is 4.90 Å². The first-order valence-electron chi connectivity index (χ1n) is 11.3. The lowest BCUT2D eigenvalue weighted by Gasteiger charge is -2.41. The summed E-state index contributed by atoms with van der Waals surface area (Å²) in [6.07, 6.45) is 2.21. The number of nitrogens with zero attached hydrogens (tertiary/aromatic N) is 1. The maximum Gasteiger partial charge on any atom is 0.227 e. The van der Waals surface area contributed by atoms with Gasteiger partial charge in [-0.15, -0.1) is 0 Å². The molecular weight excluding hydrogens is 412 g/mol. The zero-order valence-electron chi connectivity index (χ0n) is 19.0. The monoisotopic (exact) mass is 442 g/mol. The van der Waals surface area contributed by atoms with E-state index >= 15 is 0 Å². The van der Waals surface area contributed by atoms with Crippen LogP contribution < -0.4 is 10.5 Å². The fourth-order valence-electron chi connectivity index (χ4n) is 4.78. The minimum absolute atomic E-state index is 0.00456. The van der Waals surface area contributed by atoms with Gasteiger partial charge in [0.2, 0.25) is 11.8 Å². The number of benzene rings is 3. The van der Waals surface area contributed by atoms with E-state index in [0.717, 1.165) is 34.4 Å². The molecule has 1 heterocycles. The fourth-order valence-corrected chi connectivity index (χ4v) is 4.78. The quantitative estimate of drug-likeness (QED) is 0.595. The molecule has 3 aromatic rings. The summed E-state index contributed by atoms with van der Waals surface area (Å²) >= 11 is 0. The van der Waals surface area contributed by atoms with Crippen molar-refractivity contribution in [2.75, 3.05) is 20.2 Å². The Morgan fingerprint density at radius 2 is 1.76 bits per heavy atom. The van der Waals surface area contributed by atoms with Crippen LogP contribution in [0.4, 0.5) is 0 Å². The van der Waals surface area contributed by atoms with Gasteiger partial charge in [0.1, 0.15) is 5.75 Å². The fraction of sp³-hybridized carbons (Fsp3) is 0.286. The molecule has 170 valence electrons. The van der Waals surface area contributed by atoms with Gasteiger partial charge < -0.3 is 15.4 Å². The molecular formula is C28H30N2O3. The van der Waals surface area contributed by atoms with Gasteiger partial charge in [0.15, 0.2) is 0 Å². The number of primary amides is 1. The van der Waals surface area contributed by atoms with Gasteiger partial charge >= 0.3 is 0 Å². The van der Waals surface area contributed by atoms with Crippen LogP contribution >= 0.6 is 0 Å². The van der Waals surface area contributed by atoms with Crippen LogP contribution in [0.25, 0.3) is 11.1 Å². The predicted molar refractivity (Wildman–Crippen MR) is 130 cm³/mol. The third-order valence-electron chi connectivity index (χ3n) is 6.57. The van der Waals surface area contributed by atoms with E-state index in [4.69, 9.17) is 10.5 Å². The standard InChI is InChI=1S/C28H30N2O3/c1-33-24-13-7-9-21(17-24)18-26(31)30-16-8-15-28(20-30,27(29)32)19-23-12-5-6-14-25(23)22-10-3-2-4-11-22/h2-7,9-14,17H,8,15-16,18-20H2,1H3,(H2,29,32). The van der Waals surface area contributed by atoms with E-state index in [1.165, 1.54) is 0 Å². The van der Waals surface area contributed by atoms with E-state index in [-0.39, 0.29) is 18.2 Å². The number of nitrogens with two attached hydrogens (primary N) is 1. The Hall–Kier alpha value is -3.60. The molecule has 1 saturated heterocycles. The molecule has 4 rings (SSSR count). The third kappa shape index (κ3) is 5.08. The Labute approximate surface area is 195 Å². The van der Waals surface area contributed by atoms with Crippen molar-refractivity contribution in [2.24, 2.45) is 11.1 Å². The lowest BCUT2D eigenvalue weighted by atomic mass is 9.73. The smallest absolute Gasteiger partial charge is 0.227 e. The SMILES string of the molecule is COc1cccc(CC(=O)N2CCCC(Cc3ccccc3-c3ccccc3)(C(N)=O)C2)c1. The lowest BCUT2D eigenvalue weighted by molar-refractivity contribution is -0.139. The summed E-state index contributed by atoms with van der Waals surface area (Å²) in [5, 5.41) is 0. The molecule has 1 fully saturated rings. The Morgan fingerprint density at radius 3 is 2.52 bits per heavy atom. The molecule has 0 aliphatic carbocycles. The van der Waals surface area contributed by atoms with Crippen molar-refractivity contribution in [3.05, 3.63) is 90.0 Å². The summed E-state index contributed by atoms with van der Waals surface area (Å²) in [5.74, 6) is 0.386. The van der Waals surface area contributed by atoms with Crippen LogP contribution in [-0.4, -0.2) is 36.9 Å². The van der Waals surface area contributed by atoms with E-state index in [2.05, 4.69) is 24.3 Å². The number of amides is 2. The number of carbonyl (C=O) groups is 2. The first-order valence-corrected chi connectivity index (χ1v) is 11.3. The number of rotatable bonds is 7. The Kier molecular flexibility index (Phi) is 6.78. The van der Waals surface area contributed by atoms with Gasteiger partial charge in [-0.2, -0.15) is 0 Å². The molecule has 0 spiro atoms. The Bertz CT molecular complexity index is 1130. The van der Waals surface area contributed by atoms with Crippen molar-refractivity contribution in [3.8, 4) is 16.9 Å². The molecule has 33 heavy (non-hydrogen) atoms. The van der Waals surface area contributed by atoms with Crippen LogP contribution in [0.3, 0.4) is 0 Å². The summed E-state index contributed by atoms with van der Waals surface area (Å²) in [4.78, 5) is 27.8. The normalized spacial score (nSPS) is 18.0. The molecule has 0 radical (unpaired) electrons. The molecule has 2 N–H and O–H groups in total. The minimum atomic E-state index is -0.785. The first-order chi connectivity index (χ1) is 16.0. The van der Waals surface area contributed by atoms with Crippen molar-refractivity contribution in [3.63, 3.8) is 0 Å². The van der Waals surface area contributed by atoms with Crippen LogP contribution in [0.1, 0.15) is 24.0 Å². The molecule has 0 saturated carbocycles. The highest BCUT2D eigenvalue weighted by molar-refractivity contribution is 5.85. The summed E-state index contributed by atoms with van der Waals surface area (Å²) in [6.45, 7) is 0.979. The van der Waals surface area contributed by atoms with Crippen molar-refractivity contribution >= 4 is 11.8 Å². The molecule has 1 atom stereocenters. The zero-order chi connectivity index (χ0) is 23.3. The zero-order valence-corrected chi connectivity index (χ0v) is 19.0. The molecule has 1 aliphatic heterocycles. The van der Waals surface area contributed by atoms with E-state index in [0.29, 0.717) is 25.9 Å². The topological polar surface area (TPSA) is 72.6 Å². The second-order valence-corrected chi connectivity index (χ2v) is 8.79. The van der Waals surface area contributed by atoms with E-state index in [9.17, 15) is 9.59 Å². The van der Waals surface area contributed by atoms with E-state index in [1.54, 1.807) is 12.0 Å². The molecule has 1 unspecified atom stereocenters. The molecule has 0 aromatic heterocycles. The number of methoxy groups -OCH3 is 1. The predicted octanol–water partition coefficient (Wildman–Crippen LogP) is 4.24. The third-order valence-corrected chi connectivity index (χ3v) is 6.57. The highest BCUT2D eigenvalue weighted by Crippen LogP contribution is 2.37. The molecule has 5 heteroatoms. The summed E-state index contributed by atoms with van der Waals surface area (Å²) in [5.41, 5.74) is 9.38. The van der Waals surface area contributed by atoms with Gasteiger partial charge in [-0.25, -0.2) is 0 Å². The lowest BCUT2D eigenvalue weighted by Crippen LogP contribution is -2.53. The van der Waals surface area contributed by atoms with Gasteiger partial charge in [-0.3, -0.25) is 9.59 Å². The van der Waals surface area contributed by atoms with Crippen molar-refractivity contribution < 1.29 is 14.3 Å². The van der Waals surface area contributed by atoms with Gasteiger partial charge in [-0.05, 0) is 53.6 Å². The van der Waals surface area contributed by atoms with Crippen LogP contribution in [-0.2, 0) is 22.4 Å². The van der Waals surface area contributed by atoms with Gasteiger partial charge in [0.05, 0.1) is 18.9 Å². The maximum atomic E-state index is 13.2. The van der Waals surface area contributed by atoms with Gasteiger partial charge in [-0.1, -0.05) is 66.7 Å². The molecule has 5 nitrogen and oxygen atoms in total. The van der Waals surface area contributed by atoms with Crippen LogP contribution in [0, 0.1) is 5.41 Å². The minimum Gasteiger partial charge on any atom is -0.497 e. The van der Waals surface area contributed by atoms with Gasteiger partial charge in [0, 0.05) is 13.1 Å². The Morgan fingerprint density at radius 1 is 1.00 bits per heavy atom. The second-order valence-electron chi connectivity index (χ2n) is 8.79. The second kappa shape index (κ2) is 9.90. The number of piperidine rings is 1. The highest BCUT2D eigenvalue weighted by atomic mass is 16.5. The maximum absolute atomic E-state index is 13.2. The van der Waals surface area contributed by atoms with Crippen LogP contribution in [0.5, 0.6) is 5.75 Å². The highest BCUT2D eigenvalue weighted by Gasteiger charge is 2.42. The molecule has 1 aliphatic rings. The average molecular weight is 443 g/mol. The Balaban J connectivity index is 1.57. The number of hydrogen-bond acceptors (Lipinski definition) is 3. The van der Waals surface area contributed by atoms with Crippen molar-refractivity contribution in [2.45, 2.75) is 25.7 Å². The largest absolute Gasteiger partial charge is 0.497 e. The van der Waals surface area contributed by atoms with Crippen molar-refractivity contribution in [1.29, 1.82) is 0 Å². The number of ether oxygens (including phenoxy) is 1. The molecule has 0 bridgehead atoms. The van der Waals surface area contributed by atoms with Gasteiger partial charge in [0.25, 0.3) is 0 Å². The van der Waals surface area contributed by atoms with E-state index in [1.807, 2.05) is 54.6 Å². The molecule has 3 aromatic carbocycles. The summed E-state index contributed by atoms with van der Waals surface area (Å²) < 4.78 is 5.27. The van der Waals surface area contributed by atoms with Crippen LogP contribution in [0.2, 0.25) is 0 Å². The first kappa shape index (κ1) is 22.6. The number of hydrogen-bond donors (Lipinski definition) is 1.